The summed E-state index contributed by atoms with van der Waals surface area (Å²) < 4.78 is 0. The van der Waals surface area contributed by atoms with Gasteiger partial charge in [0, 0.05) is 35.7 Å². The van der Waals surface area contributed by atoms with Crippen molar-refractivity contribution in [1.82, 2.24) is 9.97 Å². The molecule has 0 aromatic carbocycles. The fourth-order valence-corrected chi connectivity index (χ4v) is 2.80. The van der Waals surface area contributed by atoms with E-state index >= 15 is 0 Å². The van der Waals surface area contributed by atoms with E-state index in [2.05, 4.69) is 22.1 Å². The topological polar surface area (TPSA) is 51.8 Å². The summed E-state index contributed by atoms with van der Waals surface area (Å²) in [4.78, 5) is 8.74. The van der Waals surface area contributed by atoms with Gasteiger partial charge in [-0.15, -0.1) is 0 Å². The van der Waals surface area contributed by atoms with Crippen LogP contribution in [0.1, 0.15) is 40.9 Å². The standard InChI is InChI=1S/C15H17N3/c1-10-9-12(6-8-17-10)14(16)13-5-4-11-3-2-7-18-15(11)13/h2-3,6-9,13-14H,4-5,16H2,1H3. The molecule has 0 saturated heterocycles. The van der Waals surface area contributed by atoms with Crippen LogP contribution in [0.5, 0.6) is 0 Å². The van der Waals surface area contributed by atoms with Crippen molar-refractivity contribution in [2.24, 2.45) is 5.73 Å². The van der Waals surface area contributed by atoms with Crippen LogP contribution < -0.4 is 5.73 Å². The van der Waals surface area contributed by atoms with Gasteiger partial charge < -0.3 is 5.73 Å². The minimum atomic E-state index is 0.0165. The van der Waals surface area contributed by atoms with E-state index in [9.17, 15) is 0 Å². The zero-order valence-corrected chi connectivity index (χ0v) is 10.5. The molecular formula is C15H17N3. The molecule has 18 heavy (non-hydrogen) atoms. The average molecular weight is 239 g/mol. The molecule has 0 saturated carbocycles. The van der Waals surface area contributed by atoms with Crippen molar-refractivity contribution in [3.05, 3.63) is 59.2 Å². The van der Waals surface area contributed by atoms with E-state index in [1.165, 1.54) is 11.3 Å². The third-order valence-electron chi connectivity index (χ3n) is 3.74. The third kappa shape index (κ3) is 1.91. The first-order valence-corrected chi connectivity index (χ1v) is 6.37. The van der Waals surface area contributed by atoms with Crippen LogP contribution in [0.15, 0.2) is 36.7 Å². The van der Waals surface area contributed by atoms with Crippen LogP contribution in [-0.2, 0) is 6.42 Å². The molecule has 3 nitrogen and oxygen atoms in total. The molecular weight excluding hydrogens is 222 g/mol. The third-order valence-corrected chi connectivity index (χ3v) is 3.74. The largest absolute Gasteiger partial charge is 0.323 e. The van der Waals surface area contributed by atoms with Crippen molar-refractivity contribution in [3.63, 3.8) is 0 Å². The summed E-state index contributed by atoms with van der Waals surface area (Å²) in [6.07, 6.45) is 5.88. The molecule has 3 rings (SSSR count). The van der Waals surface area contributed by atoms with Crippen LogP contribution in [0.3, 0.4) is 0 Å². The lowest BCUT2D eigenvalue weighted by molar-refractivity contribution is 0.540. The van der Waals surface area contributed by atoms with Gasteiger partial charge in [0.25, 0.3) is 0 Å². The quantitative estimate of drug-likeness (QED) is 0.876. The zero-order chi connectivity index (χ0) is 12.5. The maximum absolute atomic E-state index is 6.42. The summed E-state index contributed by atoms with van der Waals surface area (Å²) in [5.74, 6) is 0.336. The maximum atomic E-state index is 6.42. The van der Waals surface area contributed by atoms with Gasteiger partial charge in [-0.05, 0) is 49.1 Å². The van der Waals surface area contributed by atoms with Crippen molar-refractivity contribution in [1.29, 1.82) is 0 Å². The molecule has 92 valence electrons. The number of rotatable bonds is 2. The van der Waals surface area contributed by atoms with E-state index in [-0.39, 0.29) is 6.04 Å². The molecule has 1 aliphatic rings. The van der Waals surface area contributed by atoms with E-state index in [0.717, 1.165) is 24.1 Å². The fourth-order valence-electron chi connectivity index (χ4n) is 2.80. The Hall–Kier alpha value is -1.74. The number of aryl methyl sites for hydroxylation is 2. The minimum absolute atomic E-state index is 0.0165. The van der Waals surface area contributed by atoms with E-state index in [0.29, 0.717) is 5.92 Å². The first-order valence-electron chi connectivity index (χ1n) is 6.37. The highest BCUT2D eigenvalue weighted by Gasteiger charge is 2.29. The lowest BCUT2D eigenvalue weighted by Gasteiger charge is -2.20. The number of nitrogens with zero attached hydrogens (tertiary/aromatic N) is 2. The van der Waals surface area contributed by atoms with E-state index in [4.69, 9.17) is 5.73 Å². The van der Waals surface area contributed by atoms with Crippen LogP contribution >= 0.6 is 0 Å². The molecule has 1 aliphatic carbocycles. The van der Waals surface area contributed by atoms with Crippen LogP contribution in [0.25, 0.3) is 0 Å². The SMILES string of the molecule is Cc1cc(C(N)C2CCc3cccnc32)ccn1. The number of hydrogen-bond acceptors (Lipinski definition) is 3. The molecule has 0 amide bonds. The summed E-state index contributed by atoms with van der Waals surface area (Å²) in [5, 5.41) is 0. The number of hydrogen-bond donors (Lipinski definition) is 1. The first kappa shape index (κ1) is 11.4. The lowest BCUT2D eigenvalue weighted by atomic mass is 9.92. The number of pyridine rings is 2. The Balaban J connectivity index is 1.93. The molecule has 0 aliphatic heterocycles. The number of nitrogens with two attached hydrogens (primary N) is 1. The summed E-state index contributed by atoms with van der Waals surface area (Å²) in [6.45, 7) is 2.00. The molecule has 2 heterocycles. The molecule has 2 N–H and O–H groups in total. The molecule has 3 heteroatoms. The number of aromatic nitrogens is 2. The molecule has 2 aromatic heterocycles. The van der Waals surface area contributed by atoms with Gasteiger partial charge >= 0.3 is 0 Å². The highest BCUT2D eigenvalue weighted by atomic mass is 14.8. The maximum Gasteiger partial charge on any atom is 0.0485 e. The van der Waals surface area contributed by atoms with Crippen LogP contribution in [0.4, 0.5) is 0 Å². The summed E-state index contributed by atoms with van der Waals surface area (Å²) >= 11 is 0. The van der Waals surface area contributed by atoms with E-state index in [1.54, 1.807) is 0 Å². The molecule has 2 atom stereocenters. The van der Waals surface area contributed by atoms with Crippen molar-refractivity contribution in [3.8, 4) is 0 Å². The average Bonchev–Trinajstić information content (AvgIpc) is 2.82. The Kier molecular flexibility index (Phi) is 2.84. The second-order valence-corrected chi connectivity index (χ2v) is 4.95. The van der Waals surface area contributed by atoms with Crippen LogP contribution in [-0.4, -0.2) is 9.97 Å². The van der Waals surface area contributed by atoms with Gasteiger partial charge in [0.2, 0.25) is 0 Å². The molecule has 0 radical (unpaired) electrons. The molecule has 0 fully saturated rings. The van der Waals surface area contributed by atoms with Crippen LogP contribution in [0, 0.1) is 6.92 Å². The Morgan fingerprint density at radius 3 is 3.00 bits per heavy atom. The monoisotopic (exact) mass is 239 g/mol. The van der Waals surface area contributed by atoms with Gasteiger partial charge in [0.1, 0.15) is 0 Å². The molecule has 0 spiro atoms. The Labute approximate surface area is 107 Å². The van der Waals surface area contributed by atoms with Crippen molar-refractivity contribution >= 4 is 0 Å². The predicted octanol–water partition coefficient (Wildman–Crippen LogP) is 2.51. The Morgan fingerprint density at radius 2 is 2.17 bits per heavy atom. The fraction of sp³-hybridized carbons (Fsp3) is 0.333. The second-order valence-electron chi connectivity index (χ2n) is 4.95. The zero-order valence-electron chi connectivity index (χ0n) is 10.5. The summed E-state index contributed by atoms with van der Waals surface area (Å²) in [7, 11) is 0. The van der Waals surface area contributed by atoms with Gasteiger partial charge in [-0.25, -0.2) is 0 Å². The lowest BCUT2D eigenvalue weighted by Crippen LogP contribution is -2.19. The summed E-state index contributed by atoms with van der Waals surface area (Å²) in [6, 6.07) is 8.27. The van der Waals surface area contributed by atoms with Crippen LogP contribution in [0.2, 0.25) is 0 Å². The minimum Gasteiger partial charge on any atom is -0.323 e. The molecule has 2 aromatic rings. The predicted molar refractivity (Wildman–Crippen MR) is 71.2 cm³/mol. The highest BCUT2D eigenvalue weighted by molar-refractivity contribution is 5.33. The van der Waals surface area contributed by atoms with Gasteiger partial charge in [0.15, 0.2) is 0 Å². The normalized spacial score (nSPS) is 19.6. The summed E-state index contributed by atoms with van der Waals surface area (Å²) in [5.41, 5.74) is 11.1. The molecule has 2 unspecified atom stereocenters. The van der Waals surface area contributed by atoms with Gasteiger partial charge in [-0.2, -0.15) is 0 Å². The van der Waals surface area contributed by atoms with Crippen molar-refractivity contribution in [2.75, 3.05) is 0 Å². The Morgan fingerprint density at radius 1 is 1.28 bits per heavy atom. The van der Waals surface area contributed by atoms with Gasteiger partial charge in [0.05, 0.1) is 0 Å². The van der Waals surface area contributed by atoms with E-state index in [1.807, 2.05) is 31.5 Å². The highest BCUT2D eigenvalue weighted by Crippen LogP contribution is 2.38. The van der Waals surface area contributed by atoms with Gasteiger partial charge in [-0.3, -0.25) is 9.97 Å². The molecule has 0 bridgehead atoms. The van der Waals surface area contributed by atoms with Crippen molar-refractivity contribution in [2.45, 2.75) is 31.7 Å². The Bertz CT molecular complexity index is 565. The smallest absolute Gasteiger partial charge is 0.0485 e. The van der Waals surface area contributed by atoms with Crippen molar-refractivity contribution < 1.29 is 0 Å². The van der Waals surface area contributed by atoms with E-state index < -0.39 is 0 Å². The first-order chi connectivity index (χ1) is 8.75. The second kappa shape index (κ2) is 4.50. The number of fused-ring (bicyclic) bond motifs is 1. The van der Waals surface area contributed by atoms with Gasteiger partial charge in [-0.1, -0.05) is 6.07 Å².